The van der Waals surface area contributed by atoms with Crippen molar-refractivity contribution in [3.05, 3.63) is 52.8 Å². The first-order valence-electron chi connectivity index (χ1n) is 8.87. The van der Waals surface area contributed by atoms with E-state index < -0.39 is 30.2 Å². The minimum Gasteiger partial charge on any atom is -0.452 e. The molecular weight excluding hydrogens is 427 g/mol. The summed E-state index contributed by atoms with van der Waals surface area (Å²) in [5.74, 6) is -1.67. The fourth-order valence-corrected chi connectivity index (χ4v) is 3.02. The van der Waals surface area contributed by atoms with Crippen LogP contribution in [0.3, 0.4) is 0 Å². The first kappa shape index (κ1) is 21.8. The van der Waals surface area contributed by atoms with Crippen molar-refractivity contribution < 1.29 is 32.2 Å². The number of halogens is 4. The third-order valence-electron chi connectivity index (χ3n) is 4.26. The van der Waals surface area contributed by atoms with Crippen LogP contribution in [0.4, 0.5) is 24.5 Å². The van der Waals surface area contributed by atoms with Gasteiger partial charge in [-0.1, -0.05) is 11.6 Å². The highest BCUT2D eigenvalue weighted by Crippen LogP contribution is 2.35. The first-order chi connectivity index (χ1) is 14.3. The lowest BCUT2D eigenvalue weighted by Gasteiger charge is -2.31. The number of alkyl halides is 3. The molecule has 2 aromatic rings. The summed E-state index contributed by atoms with van der Waals surface area (Å²) in [6, 6.07) is 5.94. The zero-order valence-electron chi connectivity index (χ0n) is 15.5. The second-order valence-corrected chi connectivity index (χ2v) is 6.65. The number of amides is 1. The number of carbonyl (C=O) groups excluding carboxylic acids is 2. The Morgan fingerprint density at radius 1 is 1.23 bits per heavy atom. The Kier molecular flexibility index (Phi) is 6.78. The van der Waals surface area contributed by atoms with Gasteiger partial charge in [-0.25, -0.2) is 9.78 Å². The molecule has 0 spiro atoms. The van der Waals surface area contributed by atoms with E-state index in [9.17, 15) is 22.8 Å². The normalized spacial score (nSPS) is 14.3. The Labute approximate surface area is 174 Å². The van der Waals surface area contributed by atoms with E-state index in [1.54, 1.807) is 4.90 Å². The van der Waals surface area contributed by atoms with Gasteiger partial charge in [0, 0.05) is 19.3 Å². The lowest BCUT2D eigenvalue weighted by molar-refractivity contribution is -0.137. The molecule has 1 amide bonds. The Morgan fingerprint density at radius 3 is 2.63 bits per heavy atom. The molecule has 30 heavy (non-hydrogen) atoms. The Hall–Kier alpha value is -2.85. The maximum absolute atomic E-state index is 13.1. The van der Waals surface area contributed by atoms with Crippen LogP contribution in [-0.4, -0.2) is 49.8 Å². The van der Waals surface area contributed by atoms with E-state index in [4.69, 9.17) is 21.1 Å². The number of morpholine rings is 1. The Morgan fingerprint density at radius 2 is 1.97 bits per heavy atom. The zero-order chi connectivity index (χ0) is 21.7. The predicted molar refractivity (Wildman–Crippen MR) is 103 cm³/mol. The molecule has 0 atom stereocenters. The van der Waals surface area contributed by atoms with Crippen molar-refractivity contribution in [2.45, 2.75) is 6.18 Å². The topological polar surface area (TPSA) is 80.8 Å². The van der Waals surface area contributed by atoms with Gasteiger partial charge >= 0.3 is 12.1 Å². The maximum atomic E-state index is 13.1. The second kappa shape index (κ2) is 9.31. The molecule has 1 aliphatic heterocycles. The van der Waals surface area contributed by atoms with Crippen molar-refractivity contribution in [3.63, 3.8) is 0 Å². The van der Waals surface area contributed by atoms with Gasteiger partial charge in [0.25, 0.3) is 5.91 Å². The molecule has 2 heterocycles. The molecule has 0 radical (unpaired) electrons. The minimum atomic E-state index is -4.58. The molecule has 0 saturated carbocycles. The summed E-state index contributed by atoms with van der Waals surface area (Å²) in [4.78, 5) is 29.8. The molecule has 1 fully saturated rings. The van der Waals surface area contributed by atoms with E-state index in [-0.39, 0.29) is 16.4 Å². The number of benzene rings is 1. The largest absolute Gasteiger partial charge is 0.452 e. The smallest absolute Gasteiger partial charge is 0.416 e. The van der Waals surface area contributed by atoms with Crippen LogP contribution in [0.25, 0.3) is 0 Å². The van der Waals surface area contributed by atoms with Crippen molar-refractivity contribution in [1.82, 2.24) is 4.98 Å². The number of anilines is 2. The third-order valence-corrected chi connectivity index (χ3v) is 4.56. The number of aromatic nitrogens is 1. The summed E-state index contributed by atoms with van der Waals surface area (Å²) in [5, 5.41) is 2.31. The molecular formula is C19H17ClF3N3O4. The summed E-state index contributed by atoms with van der Waals surface area (Å²) in [6.07, 6.45) is -3.20. The van der Waals surface area contributed by atoms with Crippen LogP contribution in [0.2, 0.25) is 5.15 Å². The van der Waals surface area contributed by atoms with Gasteiger partial charge in [-0.15, -0.1) is 0 Å². The standard InChI is InChI=1S/C19H17ClF3N3O4/c20-17-13(2-1-5-24-17)18(28)30-11-16(27)25-14-10-12(19(21,22)23)3-4-15(14)26-6-8-29-9-7-26/h1-5,10H,6-9,11H2,(H,25,27). The van der Waals surface area contributed by atoms with Gasteiger partial charge < -0.3 is 19.7 Å². The van der Waals surface area contributed by atoms with E-state index in [1.165, 1.54) is 24.4 Å². The van der Waals surface area contributed by atoms with Crippen molar-refractivity contribution in [3.8, 4) is 0 Å². The van der Waals surface area contributed by atoms with Crippen molar-refractivity contribution in [1.29, 1.82) is 0 Å². The van der Waals surface area contributed by atoms with Gasteiger partial charge in [0.1, 0.15) is 5.15 Å². The van der Waals surface area contributed by atoms with Crippen LogP contribution < -0.4 is 10.2 Å². The number of ether oxygens (including phenoxy) is 2. The molecule has 1 aliphatic rings. The quantitative estimate of drug-likeness (QED) is 0.563. The van der Waals surface area contributed by atoms with Gasteiger partial charge in [0.2, 0.25) is 0 Å². The highest BCUT2D eigenvalue weighted by atomic mass is 35.5. The van der Waals surface area contributed by atoms with Crippen LogP contribution in [0.1, 0.15) is 15.9 Å². The lowest BCUT2D eigenvalue weighted by Crippen LogP contribution is -2.37. The van der Waals surface area contributed by atoms with Crippen LogP contribution >= 0.6 is 11.6 Å². The van der Waals surface area contributed by atoms with Gasteiger partial charge in [-0.05, 0) is 30.3 Å². The minimum absolute atomic E-state index is 0.0277. The maximum Gasteiger partial charge on any atom is 0.416 e. The number of esters is 1. The third kappa shape index (κ3) is 5.39. The molecule has 160 valence electrons. The van der Waals surface area contributed by atoms with Crippen LogP contribution in [0.5, 0.6) is 0 Å². The SMILES string of the molecule is O=C(COC(=O)c1cccnc1Cl)Nc1cc(C(F)(F)F)ccc1N1CCOCC1. The van der Waals surface area contributed by atoms with Gasteiger partial charge in [-0.2, -0.15) is 13.2 Å². The molecule has 1 saturated heterocycles. The van der Waals surface area contributed by atoms with Crippen LogP contribution in [0, 0.1) is 0 Å². The molecule has 0 bridgehead atoms. The molecule has 3 rings (SSSR count). The predicted octanol–water partition coefficient (Wildman–Crippen LogP) is 3.39. The summed E-state index contributed by atoms with van der Waals surface area (Å²) >= 11 is 5.80. The van der Waals surface area contributed by atoms with E-state index in [2.05, 4.69) is 10.3 Å². The molecule has 1 aromatic heterocycles. The first-order valence-corrected chi connectivity index (χ1v) is 9.25. The second-order valence-electron chi connectivity index (χ2n) is 6.30. The molecule has 11 heteroatoms. The number of nitrogens with zero attached hydrogens (tertiary/aromatic N) is 2. The molecule has 0 unspecified atom stereocenters. The summed E-state index contributed by atoms with van der Waals surface area (Å²) < 4.78 is 49.5. The van der Waals surface area contributed by atoms with E-state index in [1.807, 2.05) is 0 Å². The van der Waals surface area contributed by atoms with Gasteiger partial charge in [-0.3, -0.25) is 4.79 Å². The van der Waals surface area contributed by atoms with E-state index >= 15 is 0 Å². The number of hydrogen-bond donors (Lipinski definition) is 1. The van der Waals surface area contributed by atoms with Gasteiger partial charge in [0.15, 0.2) is 6.61 Å². The van der Waals surface area contributed by atoms with Crippen molar-refractivity contribution in [2.24, 2.45) is 0 Å². The monoisotopic (exact) mass is 443 g/mol. The van der Waals surface area contributed by atoms with Crippen LogP contribution in [0.15, 0.2) is 36.5 Å². The average molecular weight is 444 g/mol. The van der Waals surface area contributed by atoms with Crippen molar-refractivity contribution in [2.75, 3.05) is 43.1 Å². The van der Waals surface area contributed by atoms with E-state index in [0.29, 0.717) is 32.0 Å². The molecule has 0 aliphatic carbocycles. The average Bonchev–Trinajstić information content (AvgIpc) is 2.72. The summed E-state index contributed by atoms with van der Waals surface area (Å²) in [5.41, 5.74) is -0.553. The van der Waals surface area contributed by atoms with E-state index in [0.717, 1.165) is 12.1 Å². The summed E-state index contributed by atoms with van der Waals surface area (Å²) in [6.45, 7) is 1.05. The van der Waals surface area contributed by atoms with Crippen molar-refractivity contribution >= 4 is 34.9 Å². The number of carbonyl (C=O) groups is 2. The summed E-state index contributed by atoms with van der Waals surface area (Å²) in [7, 11) is 0. The fraction of sp³-hybridized carbons (Fsp3) is 0.316. The number of rotatable bonds is 5. The number of nitrogens with one attached hydrogen (secondary N) is 1. The number of hydrogen-bond acceptors (Lipinski definition) is 6. The van der Waals surface area contributed by atoms with Gasteiger partial charge in [0.05, 0.1) is 35.7 Å². The number of pyridine rings is 1. The lowest BCUT2D eigenvalue weighted by atomic mass is 10.1. The molecule has 7 nitrogen and oxygen atoms in total. The Balaban J connectivity index is 1.73. The highest BCUT2D eigenvalue weighted by Gasteiger charge is 2.32. The van der Waals surface area contributed by atoms with Crippen LogP contribution in [-0.2, 0) is 20.4 Å². The Bertz CT molecular complexity index is 933. The zero-order valence-corrected chi connectivity index (χ0v) is 16.3. The fourth-order valence-electron chi connectivity index (χ4n) is 2.83. The molecule has 1 N–H and O–H groups in total. The highest BCUT2D eigenvalue weighted by molar-refractivity contribution is 6.32. The molecule has 1 aromatic carbocycles.